The third-order valence-electron chi connectivity index (χ3n) is 7.60. The number of benzene rings is 2. The number of hydrogen-bond donors (Lipinski definition) is 0. The molecule has 170 valence electrons. The second kappa shape index (κ2) is 8.44. The van der Waals surface area contributed by atoms with E-state index in [1.54, 1.807) is 34.2 Å². The zero-order chi connectivity index (χ0) is 22.6. The lowest BCUT2D eigenvalue weighted by molar-refractivity contribution is -0.115. The minimum atomic E-state index is -0.0316. The Morgan fingerprint density at radius 1 is 1.06 bits per heavy atom. The summed E-state index contributed by atoms with van der Waals surface area (Å²) in [7, 11) is 0. The highest BCUT2D eigenvalue weighted by Gasteiger charge is 2.44. The number of hydrogen-bond acceptors (Lipinski definition) is 4. The number of nitrogens with zero attached hydrogens (tertiary/aromatic N) is 2. The van der Waals surface area contributed by atoms with Gasteiger partial charge in [-0.3, -0.25) is 9.69 Å². The van der Waals surface area contributed by atoms with E-state index < -0.39 is 0 Å². The van der Waals surface area contributed by atoms with Gasteiger partial charge in [0.15, 0.2) is 5.13 Å². The molecule has 0 radical (unpaired) electrons. The highest BCUT2D eigenvalue weighted by atomic mass is 35.5. The predicted octanol–water partition coefficient (Wildman–Crippen LogP) is 7.29. The summed E-state index contributed by atoms with van der Waals surface area (Å²) in [6.45, 7) is 2.40. The van der Waals surface area contributed by atoms with Crippen molar-refractivity contribution in [3.05, 3.63) is 80.8 Å². The number of fused-ring (bicyclic) bond motifs is 1. The minimum Gasteiger partial charge on any atom is -0.273 e. The van der Waals surface area contributed by atoms with Gasteiger partial charge in [0, 0.05) is 16.3 Å². The van der Waals surface area contributed by atoms with Gasteiger partial charge in [0.1, 0.15) is 5.37 Å². The average molecular weight is 495 g/mol. The topological polar surface area (TPSA) is 33.2 Å². The van der Waals surface area contributed by atoms with Crippen molar-refractivity contribution >= 4 is 45.7 Å². The molecule has 3 nitrogen and oxygen atoms in total. The number of amides is 1. The van der Waals surface area contributed by atoms with Gasteiger partial charge >= 0.3 is 0 Å². The minimum absolute atomic E-state index is 0.0316. The predicted molar refractivity (Wildman–Crippen MR) is 139 cm³/mol. The van der Waals surface area contributed by atoms with Crippen molar-refractivity contribution in [2.24, 2.45) is 0 Å². The van der Waals surface area contributed by atoms with Gasteiger partial charge in [0.25, 0.3) is 0 Å². The van der Waals surface area contributed by atoms with Crippen molar-refractivity contribution in [2.45, 2.75) is 62.2 Å². The smallest absolute Gasteiger partial charge is 0.240 e. The van der Waals surface area contributed by atoms with Crippen LogP contribution in [0.4, 0.5) is 5.13 Å². The fraction of sp³-hybridized carbons (Fsp3) is 0.407. The Morgan fingerprint density at radius 3 is 2.61 bits per heavy atom. The number of anilines is 1. The molecule has 6 rings (SSSR count). The van der Waals surface area contributed by atoms with Crippen LogP contribution >= 0.6 is 34.7 Å². The Morgan fingerprint density at radius 2 is 1.82 bits per heavy atom. The number of carbonyl (C=O) groups is 1. The summed E-state index contributed by atoms with van der Waals surface area (Å²) in [5, 5.41) is 3.67. The molecule has 1 aliphatic heterocycles. The van der Waals surface area contributed by atoms with Crippen LogP contribution in [0.15, 0.2) is 47.8 Å². The van der Waals surface area contributed by atoms with Gasteiger partial charge in [-0.15, -0.1) is 23.1 Å². The standard InChI is InChI=1S/C27H27ClN2OS2/c1-27(21-9-6-17-4-2-3-5-19(17)12-21)13-20(14-27)23-15-33-26(29-23)30-24(31)16-32-25(30)18-7-10-22(28)11-8-18/h6-12,15,20,25H,2-5,13-14,16H2,1H3. The summed E-state index contributed by atoms with van der Waals surface area (Å²) in [6, 6.07) is 15.0. The molecule has 1 aromatic heterocycles. The zero-order valence-corrected chi connectivity index (χ0v) is 21.1. The van der Waals surface area contributed by atoms with E-state index in [-0.39, 0.29) is 16.7 Å². The van der Waals surface area contributed by atoms with E-state index in [4.69, 9.17) is 16.6 Å². The van der Waals surface area contributed by atoms with Gasteiger partial charge in [-0.05, 0) is 78.3 Å². The maximum Gasteiger partial charge on any atom is 0.240 e. The monoisotopic (exact) mass is 494 g/mol. The normalized spacial score (nSPS) is 26.8. The first-order chi connectivity index (χ1) is 16.0. The zero-order valence-electron chi connectivity index (χ0n) is 18.7. The lowest BCUT2D eigenvalue weighted by Crippen LogP contribution is -2.37. The molecule has 1 atom stereocenters. The summed E-state index contributed by atoms with van der Waals surface area (Å²) in [5.74, 6) is 1.09. The third kappa shape index (κ3) is 3.92. The van der Waals surface area contributed by atoms with Crippen molar-refractivity contribution < 1.29 is 4.79 Å². The molecule has 0 N–H and O–H groups in total. The molecule has 6 heteroatoms. The van der Waals surface area contributed by atoms with Crippen LogP contribution in [-0.2, 0) is 23.1 Å². The van der Waals surface area contributed by atoms with Crippen LogP contribution in [0, 0.1) is 0 Å². The lowest BCUT2D eigenvalue weighted by Gasteiger charge is -2.45. The van der Waals surface area contributed by atoms with Crippen molar-refractivity contribution in [1.82, 2.24) is 4.98 Å². The number of carbonyl (C=O) groups excluding carboxylic acids is 1. The molecule has 3 aromatic rings. The van der Waals surface area contributed by atoms with Crippen molar-refractivity contribution in [1.29, 1.82) is 0 Å². The summed E-state index contributed by atoms with van der Waals surface area (Å²) in [4.78, 5) is 19.6. The van der Waals surface area contributed by atoms with Crippen molar-refractivity contribution in [3.8, 4) is 0 Å². The number of rotatable bonds is 4. The molecular formula is C27H27ClN2OS2. The molecule has 1 saturated heterocycles. The molecule has 1 saturated carbocycles. The van der Waals surface area contributed by atoms with E-state index in [0.717, 1.165) is 29.2 Å². The van der Waals surface area contributed by atoms with E-state index in [0.29, 0.717) is 16.7 Å². The third-order valence-corrected chi connectivity index (χ3v) is 9.92. The van der Waals surface area contributed by atoms with Gasteiger partial charge in [0.05, 0.1) is 11.4 Å². The van der Waals surface area contributed by atoms with Gasteiger partial charge in [-0.1, -0.05) is 48.9 Å². The number of halogens is 1. The van der Waals surface area contributed by atoms with E-state index >= 15 is 0 Å². The first-order valence-electron chi connectivity index (χ1n) is 11.8. The van der Waals surface area contributed by atoms with Crippen LogP contribution < -0.4 is 4.90 Å². The van der Waals surface area contributed by atoms with Crippen molar-refractivity contribution in [3.63, 3.8) is 0 Å². The molecule has 2 aromatic carbocycles. The SMILES string of the molecule is CC1(c2ccc3c(c2)CCCC3)CC(c2csc(N3C(=O)CSC3c3ccc(Cl)cc3)n2)C1. The molecule has 1 amide bonds. The Kier molecular flexibility index (Phi) is 5.55. The molecule has 0 bridgehead atoms. The van der Waals surface area contributed by atoms with Crippen LogP contribution in [0.3, 0.4) is 0 Å². The Balaban J connectivity index is 1.19. The number of thioether (sulfide) groups is 1. The number of aromatic nitrogens is 1. The molecule has 2 aliphatic carbocycles. The van der Waals surface area contributed by atoms with Gasteiger partial charge in [-0.2, -0.15) is 0 Å². The second-order valence-corrected chi connectivity index (χ2v) is 12.2. The lowest BCUT2D eigenvalue weighted by atomic mass is 9.59. The van der Waals surface area contributed by atoms with E-state index in [2.05, 4.69) is 30.5 Å². The number of aryl methyl sites for hydroxylation is 2. The van der Waals surface area contributed by atoms with Crippen LogP contribution in [0.5, 0.6) is 0 Å². The van der Waals surface area contributed by atoms with Gasteiger partial charge in [0.2, 0.25) is 5.91 Å². The largest absolute Gasteiger partial charge is 0.273 e. The summed E-state index contributed by atoms with van der Waals surface area (Å²) in [6.07, 6.45) is 7.36. The Labute approximate surface area is 208 Å². The summed E-state index contributed by atoms with van der Waals surface area (Å²) >= 11 is 9.32. The van der Waals surface area contributed by atoms with Gasteiger partial charge < -0.3 is 0 Å². The second-order valence-electron chi connectivity index (χ2n) is 9.89. The van der Waals surface area contributed by atoms with Crippen LogP contribution in [-0.4, -0.2) is 16.6 Å². The van der Waals surface area contributed by atoms with E-state index in [1.807, 2.05) is 29.2 Å². The van der Waals surface area contributed by atoms with Crippen LogP contribution in [0.2, 0.25) is 5.02 Å². The van der Waals surface area contributed by atoms with Crippen LogP contribution in [0.25, 0.3) is 0 Å². The average Bonchev–Trinajstić information content (AvgIpc) is 3.43. The molecule has 2 heterocycles. The fourth-order valence-electron chi connectivity index (χ4n) is 5.66. The molecular weight excluding hydrogens is 468 g/mol. The fourth-order valence-corrected chi connectivity index (χ4v) is 7.96. The summed E-state index contributed by atoms with van der Waals surface area (Å²) < 4.78 is 0. The highest BCUT2D eigenvalue weighted by molar-refractivity contribution is 8.00. The Hall–Kier alpha value is -1.82. The first-order valence-corrected chi connectivity index (χ1v) is 14.1. The molecule has 3 aliphatic rings. The Bertz CT molecular complexity index is 1200. The highest BCUT2D eigenvalue weighted by Crippen LogP contribution is 2.53. The maximum absolute atomic E-state index is 12.7. The first kappa shape index (κ1) is 21.7. The molecule has 0 spiro atoms. The van der Waals surface area contributed by atoms with Crippen molar-refractivity contribution in [2.75, 3.05) is 10.7 Å². The molecule has 2 fully saturated rings. The van der Waals surface area contributed by atoms with Crippen LogP contribution in [0.1, 0.15) is 71.8 Å². The van der Waals surface area contributed by atoms with E-state index in [9.17, 15) is 4.79 Å². The van der Waals surface area contributed by atoms with E-state index in [1.165, 1.54) is 31.2 Å². The molecule has 1 unspecified atom stereocenters. The van der Waals surface area contributed by atoms with Gasteiger partial charge in [-0.25, -0.2) is 4.98 Å². The maximum atomic E-state index is 12.7. The molecule has 33 heavy (non-hydrogen) atoms. The number of thiazole rings is 1. The summed E-state index contributed by atoms with van der Waals surface area (Å²) in [5.41, 5.74) is 7.07. The quantitative estimate of drug-likeness (QED) is 0.381.